The molecular weight excluding hydrogens is 266 g/mol. The summed E-state index contributed by atoms with van der Waals surface area (Å²) in [6, 6.07) is 3.75. The standard InChI is InChI=1S/C16H21N3O2/c20-15-11-14(16(21)19(15)13-3-1-2-4-13)18-10-7-12-5-8-17-9-6-12/h5-6,8-9,13-14,18H,1-4,7,10-11H2. The van der Waals surface area contributed by atoms with Crippen LogP contribution in [0.5, 0.6) is 0 Å². The topological polar surface area (TPSA) is 62.3 Å². The van der Waals surface area contributed by atoms with Gasteiger partial charge in [0, 0.05) is 18.4 Å². The van der Waals surface area contributed by atoms with E-state index in [2.05, 4.69) is 10.3 Å². The maximum Gasteiger partial charge on any atom is 0.247 e. The van der Waals surface area contributed by atoms with Gasteiger partial charge in [-0.1, -0.05) is 12.8 Å². The number of likely N-dealkylation sites (tertiary alicyclic amines) is 1. The molecule has 21 heavy (non-hydrogen) atoms. The van der Waals surface area contributed by atoms with Gasteiger partial charge in [-0.05, 0) is 43.5 Å². The van der Waals surface area contributed by atoms with E-state index in [1.54, 1.807) is 12.4 Å². The second-order valence-corrected chi connectivity index (χ2v) is 5.86. The second-order valence-electron chi connectivity index (χ2n) is 5.86. The Kier molecular flexibility index (Phi) is 4.29. The summed E-state index contributed by atoms with van der Waals surface area (Å²) in [5.74, 6) is -0.0325. The first-order valence-electron chi connectivity index (χ1n) is 7.74. The zero-order valence-electron chi connectivity index (χ0n) is 12.1. The zero-order valence-corrected chi connectivity index (χ0v) is 12.1. The molecule has 1 saturated carbocycles. The Morgan fingerprint density at radius 3 is 2.62 bits per heavy atom. The van der Waals surface area contributed by atoms with Gasteiger partial charge in [0.15, 0.2) is 0 Å². The van der Waals surface area contributed by atoms with Gasteiger partial charge in [0.2, 0.25) is 11.8 Å². The van der Waals surface area contributed by atoms with E-state index in [1.807, 2.05) is 12.1 Å². The largest absolute Gasteiger partial charge is 0.305 e. The third kappa shape index (κ3) is 3.13. The normalized spacial score (nSPS) is 23.2. The predicted octanol–water partition coefficient (Wildman–Crippen LogP) is 1.28. The molecule has 1 unspecified atom stereocenters. The Bertz CT molecular complexity index is 512. The quantitative estimate of drug-likeness (QED) is 0.829. The van der Waals surface area contributed by atoms with Crippen LogP contribution in [0, 0.1) is 0 Å². The molecule has 5 nitrogen and oxygen atoms in total. The van der Waals surface area contributed by atoms with Crippen LogP contribution < -0.4 is 5.32 Å². The van der Waals surface area contributed by atoms with E-state index in [-0.39, 0.29) is 23.9 Å². The molecule has 5 heteroatoms. The third-order valence-electron chi connectivity index (χ3n) is 4.43. The number of nitrogens with one attached hydrogen (secondary N) is 1. The summed E-state index contributed by atoms with van der Waals surface area (Å²) in [5, 5.41) is 3.23. The average Bonchev–Trinajstić information content (AvgIpc) is 3.09. The second kappa shape index (κ2) is 6.35. The summed E-state index contributed by atoms with van der Waals surface area (Å²) in [4.78, 5) is 30.0. The van der Waals surface area contributed by atoms with E-state index in [1.165, 1.54) is 10.5 Å². The maximum atomic E-state index is 12.4. The fraction of sp³-hybridized carbons (Fsp3) is 0.562. The van der Waals surface area contributed by atoms with Crippen molar-refractivity contribution in [3.05, 3.63) is 30.1 Å². The van der Waals surface area contributed by atoms with Crippen molar-refractivity contribution in [3.8, 4) is 0 Å². The smallest absolute Gasteiger partial charge is 0.247 e. The molecule has 2 aliphatic rings. The predicted molar refractivity (Wildman–Crippen MR) is 78.5 cm³/mol. The van der Waals surface area contributed by atoms with Crippen molar-refractivity contribution in [3.63, 3.8) is 0 Å². The number of nitrogens with zero attached hydrogens (tertiary/aromatic N) is 2. The molecule has 3 rings (SSSR count). The Balaban J connectivity index is 1.52. The molecule has 0 bridgehead atoms. The van der Waals surface area contributed by atoms with Gasteiger partial charge in [-0.25, -0.2) is 0 Å². The lowest BCUT2D eigenvalue weighted by Gasteiger charge is -2.22. The van der Waals surface area contributed by atoms with Crippen molar-refractivity contribution < 1.29 is 9.59 Å². The van der Waals surface area contributed by atoms with E-state index in [0.717, 1.165) is 32.1 Å². The summed E-state index contributed by atoms with van der Waals surface area (Å²) < 4.78 is 0. The van der Waals surface area contributed by atoms with Crippen molar-refractivity contribution in [2.45, 2.75) is 50.6 Å². The highest BCUT2D eigenvalue weighted by atomic mass is 16.2. The van der Waals surface area contributed by atoms with Gasteiger partial charge in [-0.3, -0.25) is 19.5 Å². The summed E-state index contributed by atoms with van der Waals surface area (Å²) in [6.07, 6.45) is 8.88. The van der Waals surface area contributed by atoms with Gasteiger partial charge in [0.05, 0.1) is 12.5 Å². The summed E-state index contributed by atoms with van der Waals surface area (Å²) in [5.41, 5.74) is 1.18. The molecule has 2 amide bonds. The summed E-state index contributed by atoms with van der Waals surface area (Å²) >= 11 is 0. The summed E-state index contributed by atoms with van der Waals surface area (Å²) in [6.45, 7) is 0.701. The van der Waals surface area contributed by atoms with Crippen molar-refractivity contribution >= 4 is 11.8 Å². The van der Waals surface area contributed by atoms with Crippen LogP contribution in [-0.2, 0) is 16.0 Å². The molecule has 1 aromatic heterocycles. The number of imide groups is 1. The first-order valence-corrected chi connectivity index (χ1v) is 7.74. The SMILES string of the molecule is O=C1CC(NCCc2ccncc2)C(=O)N1C1CCCC1. The minimum absolute atomic E-state index is 0.00619. The van der Waals surface area contributed by atoms with Crippen LogP contribution in [0.4, 0.5) is 0 Å². The van der Waals surface area contributed by atoms with E-state index in [0.29, 0.717) is 13.0 Å². The van der Waals surface area contributed by atoms with Gasteiger partial charge >= 0.3 is 0 Å². The summed E-state index contributed by atoms with van der Waals surface area (Å²) in [7, 11) is 0. The lowest BCUT2D eigenvalue weighted by Crippen LogP contribution is -2.43. The molecule has 1 atom stereocenters. The molecule has 112 valence electrons. The number of carbonyl (C=O) groups excluding carboxylic acids is 2. The molecule has 2 heterocycles. The highest BCUT2D eigenvalue weighted by Crippen LogP contribution is 2.28. The lowest BCUT2D eigenvalue weighted by atomic mass is 10.2. The number of hydrogen-bond donors (Lipinski definition) is 1. The Morgan fingerprint density at radius 2 is 1.90 bits per heavy atom. The third-order valence-corrected chi connectivity index (χ3v) is 4.43. The van der Waals surface area contributed by atoms with Crippen LogP contribution in [0.15, 0.2) is 24.5 Å². The first-order chi connectivity index (χ1) is 10.3. The lowest BCUT2D eigenvalue weighted by molar-refractivity contribution is -0.141. The number of rotatable bonds is 5. The molecule has 1 saturated heterocycles. The Morgan fingerprint density at radius 1 is 1.19 bits per heavy atom. The number of pyridine rings is 1. The molecule has 0 aromatic carbocycles. The van der Waals surface area contributed by atoms with Gasteiger partial charge in [0.25, 0.3) is 0 Å². The molecule has 1 aliphatic carbocycles. The van der Waals surface area contributed by atoms with E-state index in [9.17, 15) is 9.59 Å². The van der Waals surface area contributed by atoms with E-state index in [4.69, 9.17) is 0 Å². The molecule has 2 fully saturated rings. The molecule has 0 spiro atoms. The van der Waals surface area contributed by atoms with Crippen LogP contribution >= 0.6 is 0 Å². The monoisotopic (exact) mass is 287 g/mol. The maximum absolute atomic E-state index is 12.4. The van der Waals surface area contributed by atoms with Gasteiger partial charge in [-0.2, -0.15) is 0 Å². The van der Waals surface area contributed by atoms with Crippen LogP contribution in [0.25, 0.3) is 0 Å². The van der Waals surface area contributed by atoms with Crippen molar-refractivity contribution in [2.75, 3.05) is 6.54 Å². The van der Waals surface area contributed by atoms with Gasteiger partial charge in [0.1, 0.15) is 0 Å². The van der Waals surface area contributed by atoms with Crippen LogP contribution in [0.1, 0.15) is 37.7 Å². The molecular formula is C16H21N3O2. The van der Waals surface area contributed by atoms with Gasteiger partial charge in [-0.15, -0.1) is 0 Å². The Hall–Kier alpha value is -1.75. The van der Waals surface area contributed by atoms with Crippen LogP contribution in [0.2, 0.25) is 0 Å². The van der Waals surface area contributed by atoms with Crippen molar-refractivity contribution in [1.29, 1.82) is 0 Å². The number of hydrogen-bond acceptors (Lipinski definition) is 4. The van der Waals surface area contributed by atoms with Crippen LogP contribution in [-0.4, -0.2) is 40.3 Å². The van der Waals surface area contributed by atoms with Crippen molar-refractivity contribution in [1.82, 2.24) is 15.2 Å². The highest BCUT2D eigenvalue weighted by molar-refractivity contribution is 6.05. The highest BCUT2D eigenvalue weighted by Gasteiger charge is 2.42. The fourth-order valence-corrected chi connectivity index (χ4v) is 3.30. The zero-order chi connectivity index (χ0) is 14.7. The molecule has 1 aliphatic heterocycles. The molecule has 1 N–H and O–H groups in total. The minimum Gasteiger partial charge on any atom is -0.305 e. The number of carbonyl (C=O) groups is 2. The average molecular weight is 287 g/mol. The first kappa shape index (κ1) is 14.2. The Labute approximate surface area is 124 Å². The van der Waals surface area contributed by atoms with E-state index < -0.39 is 0 Å². The van der Waals surface area contributed by atoms with Crippen molar-refractivity contribution in [2.24, 2.45) is 0 Å². The van der Waals surface area contributed by atoms with E-state index >= 15 is 0 Å². The van der Waals surface area contributed by atoms with Gasteiger partial charge < -0.3 is 5.32 Å². The number of amides is 2. The number of aromatic nitrogens is 1. The fourth-order valence-electron chi connectivity index (χ4n) is 3.30. The van der Waals surface area contributed by atoms with Crippen LogP contribution in [0.3, 0.4) is 0 Å². The molecule has 1 aromatic rings. The minimum atomic E-state index is -0.333. The molecule has 0 radical (unpaired) electrons.